The van der Waals surface area contributed by atoms with Gasteiger partial charge in [-0.3, -0.25) is 0 Å². The lowest BCUT2D eigenvalue weighted by atomic mass is 10.2. The number of aromatic nitrogens is 1. The molecule has 0 amide bonds. The zero-order valence-electron chi connectivity index (χ0n) is 9.57. The second kappa shape index (κ2) is 6.67. The molecule has 0 saturated heterocycles. The predicted octanol–water partition coefficient (Wildman–Crippen LogP) is 2.49. The molecule has 1 aromatic rings. The summed E-state index contributed by atoms with van der Waals surface area (Å²) in [7, 11) is 0. The van der Waals surface area contributed by atoms with E-state index in [9.17, 15) is 0 Å². The average Bonchev–Trinajstić information content (AvgIpc) is 2.30. The van der Waals surface area contributed by atoms with E-state index in [0.717, 1.165) is 12.8 Å². The quantitative estimate of drug-likeness (QED) is 0.746. The zero-order chi connectivity index (χ0) is 11.8. The molecule has 86 valence electrons. The fraction of sp³-hybridized carbons (Fsp3) is 0.500. The Morgan fingerprint density at radius 3 is 2.88 bits per heavy atom. The summed E-state index contributed by atoms with van der Waals surface area (Å²) >= 11 is 0. The molecule has 0 fully saturated rings. The number of unbranched alkanes of at least 4 members (excludes halogenated alkanes) is 3. The van der Waals surface area contributed by atoms with Crippen molar-refractivity contribution in [2.24, 2.45) is 0 Å². The van der Waals surface area contributed by atoms with E-state index >= 15 is 0 Å². The summed E-state index contributed by atoms with van der Waals surface area (Å²) in [5.41, 5.74) is 6.58. The summed E-state index contributed by atoms with van der Waals surface area (Å²) in [6, 6.07) is 3.56. The van der Waals surface area contributed by atoms with Crippen LogP contribution in [0.3, 0.4) is 0 Å². The number of hydrogen-bond donors (Lipinski definition) is 1. The Bertz CT molecular complexity index is 371. The van der Waals surface area contributed by atoms with Crippen LogP contribution in [0.25, 0.3) is 0 Å². The molecule has 0 saturated carbocycles. The van der Waals surface area contributed by atoms with E-state index in [1.807, 2.05) is 6.07 Å². The number of nitrogens with two attached hydrogens (primary N) is 1. The number of nitrogens with zero attached hydrogens (tertiary/aromatic N) is 2. The summed E-state index contributed by atoms with van der Waals surface area (Å²) < 4.78 is 5.44. The Balaban J connectivity index is 2.40. The molecule has 0 aliphatic heterocycles. The van der Waals surface area contributed by atoms with Gasteiger partial charge in [-0.15, -0.1) is 0 Å². The SMILES string of the molecule is CCCCCCOc1ncc(C#N)cc1N. The van der Waals surface area contributed by atoms with Crippen molar-refractivity contribution in [3.8, 4) is 11.9 Å². The molecule has 0 radical (unpaired) electrons. The summed E-state index contributed by atoms with van der Waals surface area (Å²) in [5.74, 6) is 0.426. The van der Waals surface area contributed by atoms with Crippen molar-refractivity contribution in [3.05, 3.63) is 17.8 Å². The van der Waals surface area contributed by atoms with Crippen LogP contribution in [0.4, 0.5) is 5.69 Å². The molecule has 1 rings (SSSR count). The normalized spacial score (nSPS) is 9.75. The molecule has 0 aliphatic rings. The number of nitriles is 1. The fourth-order valence-electron chi connectivity index (χ4n) is 1.35. The van der Waals surface area contributed by atoms with Crippen molar-refractivity contribution in [1.29, 1.82) is 5.26 Å². The zero-order valence-corrected chi connectivity index (χ0v) is 9.57. The Morgan fingerprint density at radius 2 is 2.25 bits per heavy atom. The molecule has 0 bridgehead atoms. The molecular formula is C12H17N3O. The first-order chi connectivity index (χ1) is 7.77. The molecule has 0 aromatic carbocycles. The van der Waals surface area contributed by atoms with E-state index in [1.54, 1.807) is 6.07 Å². The number of hydrogen-bond acceptors (Lipinski definition) is 4. The van der Waals surface area contributed by atoms with Crippen LogP contribution in [-0.2, 0) is 0 Å². The first kappa shape index (κ1) is 12.3. The Labute approximate surface area is 96.1 Å². The van der Waals surface area contributed by atoms with Gasteiger partial charge < -0.3 is 10.5 Å². The smallest absolute Gasteiger partial charge is 0.237 e. The van der Waals surface area contributed by atoms with Crippen LogP contribution in [-0.4, -0.2) is 11.6 Å². The molecular weight excluding hydrogens is 202 g/mol. The summed E-state index contributed by atoms with van der Waals surface area (Å²) in [6.07, 6.45) is 6.07. The minimum absolute atomic E-state index is 0.426. The maximum absolute atomic E-state index is 8.64. The van der Waals surface area contributed by atoms with Gasteiger partial charge in [-0.1, -0.05) is 26.2 Å². The van der Waals surface area contributed by atoms with E-state index in [2.05, 4.69) is 11.9 Å². The number of nitrogen functional groups attached to an aromatic ring is 1. The third kappa shape index (κ3) is 3.77. The van der Waals surface area contributed by atoms with Gasteiger partial charge in [0.25, 0.3) is 0 Å². The highest BCUT2D eigenvalue weighted by atomic mass is 16.5. The summed E-state index contributed by atoms with van der Waals surface area (Å²) in [5, 5.41) is 8.64. The molecule has 2 N–H and O–H groups in total. The monoisotopic (exact) mass is 219 g/mol. The summed E-state index contributed by atoms with van der Waals surface area (Å²) in [6.45, 7) is 2.80. The van der Waals surface area contributed by atoms with Gasteiger partial charge in [-0.05, 0) is 12.5 Å². The van der Waals surface area contributed by atoms with E-state index in [1.165, 1.54) is 19.0 Å². The molecule has 1 heterocycles. The maximum Gasteiger partial charge on any atom is 0.237 e. The second-order valence-corrected chi connectivity index (χ2v) is 3.64. The lowest BCUT2D eigenvalue weighted by Gasteiger charge is -2.07. The van der Waals surface area contributed by atoms with Gasteiger partial charge in [0.1, 0.15) is 6.07 Å². The molecule has 4 heteroatoms. The predicted molar refractivity (Wildman–Crippen MR) is 63.0 cm³/mol. The van der Waals surface area contributed by atoms with Gasteiger partial charge in [-0.2, -0.15) is 5.26 Å². The number of ether oxygens (including phenoxy) is 1. The van der Waals surface area contributed by atoms with E-state index in [0.29, 0.717) is 23.7 Å². The van der Waals surface area contributed by atoms with Gasteiger partial charge in [0.05, 0.1) is 17.9 Å². The minimum atomic E-state index is 0.426. The van der Waals surface area contributed by atoms with Crippen LogP contribution in [0.1, 0.15) is 38.2 Å². The van der Waals surface area contributed by atoms with Crippen molar-refractivity contribution in [2.75, 3.05) is 12.3 Å². The Hall–Kier alpha value is -1.76. The highest BCUT2D eigenvalue weighted by Gasteiger charge is 2.03. The van der Waals surface area contributed by atoms with Crippen LogP contribution in [0.15, 0.2) is 12.3 Å². The first-order valence-corrected chi connectivity index (χ1v) is 5.56. The average molecular weight is 219 g/mol. The highest BCUT2D eigenvalue weighted by molar-refractivity contribution is 5.51. The molecule has 0 aliphatic carbocycles. The van der Waals surface area contributed by atoms with Crippen LogP contribution >= 0.6 is 0 Å². The van der Waals surface area contributed by atoms with Crippen LogP contribution in [0.5, 0.6) is 5.88 Å². The van der Waals surface area contributed by atoms with Crippen LogP contribution < -0.4 is 10.5 Å². The molecule has 0 spiro atoms. The van der Waals surface area contributed by atoms with Gasteiger partial charge >= 0.3 is 0 Å². The molecule has 0 unspecified atom stereocenters. The topological polar surface area (TPSA) is 71.9 Å². The van der Waals surface area contributed by atoms with Gasteiger partial charge in [0.2, 0.25) is 5.88 Å². The fourth-order valence-corrected chi connectivity index (χ4v) is 1.35. The highest BCUT2D eigenvalue weighted by Crippen LogP contribution is 2.18. The Kier molecular flexibility index (Phi) is 5.13. The first-order valence-electron chi connectivity index (χ1n) is 5.56. The van der Waals surface area contributed by atoms with Gasteiger partial charge in [0.15, 0.2) is 0 Å². The van der Waals surface area contributed by atoms with Gasteiger partial charge in [-0.25, -0.2) is 4.98 Å². The van der Waals surface area contributed by atoms with E-state index in [-0.39, 0.29) is 0 Å². The third-order valence-electron chi connectivity index (χ3n) is 2.24. The van der Waals surface area contributed by atoms with Crippen LogP contribution in [0.2, 0.25) is 0 Å². The summed E-state index contributed by atoms with van der Waals surface area (Å²) in [4.78, 5) is 4.00. The van der Waals surface area contributed by atoms with E-state index in [4.69, 9.17) is 15.7 Å². The number of pyridine rings is 1. The van der Waals surface area contributed by atoms with Gasteiger partial charge in [0, 0.05) is 6.20 Å². The van der Waals surface area contributed by atoms with Crippen molar-refractivity contribution in [1.82, 2.24) is 4.98 Å². The standard InChI is InChI=1S/C12H17N3O/c1-2-3-4-5-6-16-12-11(14)7-10(8-13)9-15-12/h7,9H,2-6,14H2,1H3. The lowest BCUT2D eigenvalue weighted by Crippen LogP contribution is -2.02. The molecule has 0 atom stereocenters. The molecule has 1 aromatic heterocycles. The lowest BCUT2D eigenvalue weighted by molar-refractivity contribution is 0.295. The largest absolute Gasteiger partial charge is 0.476 e. The molecule has 16 heavy (non-hydrogen) atoms. The number of rotatable bonds is 6. The minimum Gasteiger partial charge on any atom is -0.476 e. The van der Waals surface area contributed by atoms with Crippen LogP contribution in [0, 0.1) is 11.3 Å². The van der Waals surface area contributed by atoms with Crippen molar-refractivity contribution in [3.63, 3.8) is 0 Å². The third-order valence-corrected chi connectivity index (χ3v) is 2.24. The second-order valence-electron chi connectivity index (χ2n) is 3.64. The number of anilines is 1. The molecule has 4 nitrogen and oxygen atoms in total. The van der Waals surface area contributed by atoms with Crippen molar-refractivity contribution in [2.45, 2.75) is 32.6 Å². The van der Waals surface area contributed by atoms with E-state index < -0.39 is 0 Å². The van der Waals surface area contributed by atoms with Crippen molar-refractivity contribution < 1.29 is 4.74 Å². The van der Waals surface area contributed by atoms with Crippen molar-refractivity contribution >= 4 is 5.69 Å². The Morgan fingerprint density at radius 1 is 1.44 bits per heavy atom. The maximum atomic E-state index is 8.64.